The van der Waals surface area contributed by atoms with Crippen LogP contribution in [0.3, 0.4) is 0 Å². The van der Waals surface area contributed by atoms with Gasteiger partial charge in [-0.15, -0.1) is 0 Å². The molecule has 1 unspecified atom stereocenters. The number of rotatable bonds is 6. The van der Waals surface area contributed by atoms with Gasteiger partial charge < -0.3 is 14.9 Å². The van der Waals surface area contributed by atoms with Gasteiger partial charge in [0, 0.05) is 48.3 Å². The van der Waals surface area contributed by atoms with E-state index in [0.717, 1.165) is 26.2 Å². The average molecular weight is 420 g/mol. The molecular weight excluding hydrogens is 398 g/mol. The number of carbonyl (C=O) groups excluding carboxylic acids is 1. The molecule has 1 atom stereocenters. The van der Waals surface area contributed by atoms with Crippen molar-refractivity contribution < 1.29 is 14.5 Å². The van der Waals surface area contributed by atoms with Crippen molar-refractivity contribution in [3.05, 3.63) is 51.2 Å². The van der Waals surface area contributed by atoms with Crippen LogP contribution >= 0.6 is 11.6 Å². The minimum atomic E-state index is -0.517. The van der Waals surface area contributed by atoms with Crippen LogP contribution in [0.1, 0.15) is 17.3 Å². The van der Waals surface area contributed by atoms with Crippen molar-refractivity contribution in [1.29, 1.82) is 0 Å². The molecule has 9 nitrogen and oxygen atoms in total. The van der Waals surface area contributed by atoms with Crippen molar-refractivity contribution >= 4 is 23.2 Å². The molecule has 2 aromatic rings. The van der Waals surface area contributed by atoms with E-state index in [1.807, 2.05) is 6.92 Å². The van der Waals surface area contributed by atoms with Crippen LogP contribution in [0.25, 0.3) is 0 Å². The third-order valence-electron chi connectivity index (χ3n) is 5.31. The first kappa shape index (κ1) is 19.8. The minimum Gasteiger partial charge on any atom is -0.436 e. The zero-order chi connectivity index (χ0) is 20.6. The lowest BCUT2D eigenvalue weighted by Gasteiger charge is -2.37. The summed E-state index contributed by atoms with van der Waals surface area (Å²) in [4.78, 5) is 31.1. The number of ether oxygens (including phenoxy) is 1. The quantitative estimate of drug-likeness (QED) is 0.402. The number of fused-ring (bicyclic) bond motifs is 1. The highest BCUT2D eigenvalue weighted by molar-refractivity contribution is 6.30. The highest BCUT2D eigenvalue weighted by Crippen LogP contribution is 2.31. The van der Waals surface area contributed by atoms with Crippen LogP contribution < -0.4 is 4.74 Å². The van der Waals surface area contributed by atoms with Crippen LogP contribution in [-0.4, -0.2) is 74.9 Å². The molecule has 4 rings (SSSR count). The number of Topliss-reactive ketones (excluding diaryl/α,β-unsaturated/α-hetero) is 1. The Balaban J connectivity index is 1.26. The van der Waals surface area contributed by atoms with Gasteiger partial charge in [-0.2, -0.15) is 0 Å². The Morgan fingerprint density at radius 1 is 1.24 bits per heavy atom. The first-order valence-corrected chi connectivity index (χ1v) is 9.83. The smallest absolute Gasteiger partial charge is 0.415 e. The van der Waals surface area contributed by atoms with Gasteiger partial charge in [-0.3, -0.25) is 19.2 Å². The third kappa shape index (κ3) is 4.42. The standard InChI is InChI=1S/C19H22ClN5O4/c1-19(13-24-11-17(25(27)28)21-18(24)29-19)12-23-8-6-22(7-9-23)10-16(26)14-2-4-15(20)5-3-14/h2-5,11H,6-10,12-13H2,1H3. The van der Waals surface area contributed by atoms with E-state index >= 15 is 0 Å². The molecule has 1 fully saturated rings. The van der Waals surface area contributed by atoms with Crippen LogP contribution in [0.5, 0.6) is 6.01 Å². The Labute approximate surface area is 173 Å². The van der Waals surface area contributed by atoms with E-state index in [1.165, 1.54) is 6.20 Å². The van der Waals surface area contributed by atoms with Gasteiger partial charge in [-0.25, -0.2) is 0 Å². The van der Waals surface area contributed by atoms with Gasteiger partial charge in [0.15, 0.2) is 5.78 Å². The molecule has 3 heterocycles. The SMILES string of the molecule is CC1(CN2CCN(CC(=O)c3ccc(Cl)cc3)CC2)Cn2cc([N+](=O)[O-])nc2O1. The van der Waals surface area contributed by atoms with E-state index < -0.39 is 10.5 Å². The second-order valence-corrected chi connectivity index (χ2v) is 8.24. The van der Waals surface area contributed by atoms with E-state index in [-0.39, 0.29) is 11.6 Å². The summed E-state index contributed by atoms with van der Waals surface area (Å²) in [6, 6.07) is 7.27. The summed E-state index contributed by atoms with van der Waals surface area (Å²) in [5, 5.41) is 11.4. The zero-order valence-electron chi connectivity index (χ0n) is 16.1. The fraction of sp³-hybridized carbons (Fsp3) is 0.474. The average Bonchev–Trinajstić information content (AvgIpc) is 3.19. The summed E-state index contributed by atoms with van der Waals surface area (Å²) in [7, 11) is 0. The molecule has 0 bridgehead atoms. The summed E-state index contributed by atoms with van der Waals surface area (Å²) in [6.45, 7) is 6.86. The lowest BCUT2D eigenvalue weighted by Crippen LogP contribution is -2.53. The van der Waals surface area contributed by atoms with Crippen LogP contribution in [-0.2, 0) is 6.54 Å². The number of benzene rings is 1. The van der Waals surface area contributed by atoms with Gasteiger partial charge in [0.05, 0.1) is 13.1 Å². The largest absolute Gasteiger partial charge is 0.436 e. The normalized spacial score (nSPS) is 22.3. The van der Waals surface area contributed by atoms with Gasteiger partial charge in [-0.1, -0.05) is 11.6 Å². The Bertz CT molecular complexity index is 898. The summed E-state index contributed by atoms with van der Waals surface area (Å²) < 4.78 is 7.61. The van der Waals surface area contributed by atoms with E-state index in [0.29, 0.717) is 36.2 Å². The number of piperazine rings is 1. The number of nitrogens with zero attached hydrogens (tertiary/aromatic N) is 5. The van der Waals surface area contributed by atoms with Gasteiger partial charge in [-0.05, 0) is 36.1 Å². The molecule has 2 aliphatic heterocycles. The molecule has 29 heavy (non-hydrogen) atoms. The summed E-state index contributed by atoms with van der Waals surface area (Å²) >= 11 is 5.88. The van der Waals surface area contributed by atoms with E-state index in [1.54, 1.807) is 28.8 Å². The number of halogens is 1. The van der Waals surface area contributed by atoms with E-state index in [9.17, 15) is 14.9 Å². The number of imidazole rings is 1. The Hall–Kier alpha value is -2.49. The Morgan fingerprint density at radius 3 is 2.52 bits per heavy atom. The minimum absolute atomic E-state index is 0.0909. The topological polar surface area (TPSA) is 93.7 Å². The number of carbonyl (C=O) groups is 1. The molecule has 0 saturated carbocycles. The van der Waals surface area contributed by atoms with Crippen LogP contribution in [0.4, 0.5) is 5.82 Å². The predicted molar refractivity (Wildman–Crippen MR) is 107 cm³/mol. The molecule has 0 N–H and O–H groups in total. The molecule has 1 saturated heterocycles. The van der Waals surface area contributed by atoms with Crippen LogP contribution in [0.2, 0.25) is 5.02 Å². The van der Waals surface area contributed by atoms with Crippen LogP contribution in [0.15, 0.2) is 30.5 Å². The van der Waals surface area contributed by atoms with Crippen molar-refractivity contribution in [2.45, 2.75) is 19.1 Å². The van der Waals surface area contributed by atoms with Gasteiger partial charge in [0.1, 0.15) is 11.8 Å². The van der Waals surface area contributed by atoms with Crippen molar-refractivity contribution in [3.63, 3.8) is 0 Å². The summed E-state index contributed by atoms with van der Waals surface area (Å²) in [5.41, 5.74) is 0.200. The van der Waals surface area contributed by atoms with Gasteiger partial charge in [0.2, 0.25) is 0 Å². The predicted octanol–water partition coefficient (Wildman–Crippen LogP) is 2.10. The van der Waals surface area contributed by atoms with Gasteiger partial charge >= 0.3 is 11.8 Å². The fourth-order valence-corrected chi connectivity index (χ4v) is 4.00. The number of ketones is 1. The van der Waals surface area contributed by atoms with E-state index in [2.05, 4.69) is 14.8 Å². The second-order valence-electron chi connectivity index (χ2n) is 7.80. The van der Waals surface area contributed by atoms with Crippen molar-refractivity contribution in [2.24, 2.45) is 0 Å². The summed E-state index contributed by atoms with van der Waals surface area (Å²) in [6.07, 6.45) is 1.42. The zero-order valence-corrected chi connectivity index (χ0v) is 16.8. The van der Waals surface area contributed by atoms with Gasteiger partial charge in [0.25, 0.3) is 0 Å². The number of nitro groups is 1. The number of aromatic nitrogens is 2. The maximum atomic E-state index is 12.4. The molecule has 0 aliphatic carbocycles. The summed E-state index contributed by atoms with van der Waals surface area (Å²) in [5.74, 6) is -0.103. The molecule has 1 aromatic carbocycles. The molecule has 2 aliphatic rings. The lowest BCUT2D eigenvalue weighted by molar-refractivity contribution is -0.389. The van der Waals surface area contributed by atoms with E-state index in [4.69, 9.17) is 16.3 Å². The van der Waals surface area contributed by atoms with Crippen LogP contribution in [0, 0.1) is 10.1 Å². The monoisotopic (exact) mass is 419 g/mol. The number of hydrogen-bond donors (Lipinski definition) is 0. The first-order chi connectivity index (χ1) is 13.8. The van der Waals surface area contributed by atoms with Crippen molar-refractivity contribution in [2.75, 3.05) is 39.3 Å². The fourth-order valence-electron chi connectivity index (χ4n) is 3.87. The second kappa shape index (κ2) is 7.74. The molecule has 0 spiro atoms. The first-order valence-electron chi connectivity index (χ1n) is 9.45. The maximum Gasteiger partial charge on any atom is 0.415 e. The highest BCUT2D eigenvalue weighted by atomic mass is 35.5. The molecular formula is C19H22ClN5O4. The molecule has 0 amide bonds. The Morgan fingerprint density at radius 2 is 1.90 bits per heavy atom. The lowest BCUT2D eigenvalue weighted by atomic mass is 10.1. The maximum absolute atomic E-state index is 12.4. The van der Waals surface area contributed by atoms with Crippen molar-refractivity contribution in [1.82, 2.24) is 19.4 Å². The molecule has 10 heteroatoms. The molecule has 1 aromatic heterocycles. The third-order valence-corrected chi connectivity index (χ3v) is 5.57. The van der Waals surface area contributed by atoms with Crippen molar-refractivity contribution in [3.8, 4) is 6.01 Å². The molecule has 0 radical (unpaired) electrons. The number of hydrogen-bond acceptors (Lipinski definition) is 7. The molecule has 154 valence electrons. The Kier molecular flexibility index (Phi) is 5.28. The highest BCUT2D eigenvalue weighted by Gasteiger charge is 2.41.